The molecule has 0 aliphatic rings. The van der Waals surface area contributed by atoms with Gasteiger partial charge in [-0.3, -0.25) is 0 Å². The number of benzene rings is 2. The van der Waals surface area contributed by atoms with E-state index in [0.717, 1.165) is 11.3 Å². The van der Waals surface area contributed by atoms with Crippen LogP contribution in [0.5, 0.6) is 0 Å². The summed E-state index contributed by atoms with van der Waals surface area (Å²) in [6, 6.07) is 17.4. The summed E-state index contributed by atoms with van der Waals surface area (Å²) in [5.74, 6) is 1.25. The summed E-state index contributed by atoms with van der Waals surface area (Å²) in [6.07, 6.45) is 2.13. The van der Waals surface area contributed by atoms with Crippen molar-refractivity contribution in [1.29, 1.82) is 5.26 Å². The van der Waals surface area contributed by atoms with Gasteiger partial charge in [-0.2, -0.15) is 5.26 Å². The Morgan fingerprint density at radius 3 is 2.50 bits per heavy atom. The number of hydrogen-bond donors (Lipinski definition) is 3. The van der Waals surface area contributed by atoms with Crippen LogP contribution in [-0.2, 0) is 16.4 Å². The van der Waals surface area contributed by atoms with Crippen molar-refractivity contribution in [2.75, 3.05) is 17.2 Å². The summed E-state index contributed by atoms with van der Waals surface area (Å²) < 4.78 is 22.5. The van der Waals surface area contributed by atoms with Gasteiger partial charge in [0.15, 0.2) is 0 Å². The second kappa shape index (κ2) is 8.47. The highest BCUT2D eigenvalue weighted by atomic mass is 32.2. The molecule has 0 bridgehead atoms. The zero-order valence-electron chi connectivity index (χ0n) is 14.8. The Morgan fingerprint density at radius 1 is 1.04 bits per heavy atom. The molecule has 0 amide bonds. The maximum absolute atomic E-state index is 11.3. The molecule has 0 saturated heterocycles. The van der Waals surface area contributed by atoms with E-state index < -0.39 is 10.0 Å². The third kappa shape index (κ3) is 5.26. The number of nitriles is 1. The average Bonchev–Trinajstić information content (AvgIpc) is 2.68. The smallest absolute Gasteiger partial charge is 0.238 e. The number of anilines is 3. The molecule has 0 atom stereocenters. The van der Waals surface area contributed by atoms with Crippen LogP contribution in [-0.4, -0.2) is 24.9 Å². The van der Waals surface area contributed by atoms with Gasteiger partial charge in [0.05, 0.1) is 16.5 Å². The summed E-state index contributed by atoms with van der Waals surface area (Å²) in [6.45, 7) is 0.606. The van der Waals surface area contributed by atoms with E-state index in [1.54, 1.807) is 36.4 Å². The lowest BCUT2D eigenvalue weighted by molar-refractivity contribution is 0.598. The highest BCUT2D eigenvalue weighted by molar-refractivity contribution is 7.89. The number of hydrogen-bond acceptors (Lipinski definition) is 7. The van der Waals surface area contributed by atoms with E-state index in [2.05, 4.69) is 26.7 Å². The van der Waals surface area contributed by atoms with E-state index in [0.29, 0.717) is 30.2 Å². The zero-order valence-corrected chi connectivity index (χ0v) is 15.6. The first-order valence-corrected chi connectivity index (χ1v) is 9.93. The molecule has 2 aromatic carbocycles. The maximum Gasteiger partial charge on any atom is 0.238 e. The number of nitrogens with two attached hydrogens (primary N) is 1. The number of aromatic nitrogens is 2. The molecule has 9 heteroatoms. The predicted molar refractivity (Wildman–Crippen MR) is 106 cm³/mol. The van der Waals surface area contributed by atoms with Gasteiger partial charge in [-0.05, 0) is 42.3 Å². The molecule has 0 fully saturated rings. The van der Waals surface area contributed by atoms with E-state index in [-0.39, 0.29) is 4.90 Å². The number of primary sulfonamides is 1. The van der Waals surface area contributed by atoms with Crippen LogP contribution in [0.1, 0.15) is 11.1 Å². The molecule has 1 heterocycles. The zero-order chi connectivity index (χ0) is 20.0. The molecular weight excluding hydrogens is 376 g/mol. The Bertz CT molecular complexity index is 1110. The first-order valence-electron chi connectivity index (χ1n) is 8.39. The van der Waals surface area contributed by atoms with Crippen molar-refractivity contribution < 1.29 is 8.42 Å². The monoisotopic (exact) mass is 394 g/mol. The summed E-state index contributed by atoms with van der Waals surface area (Å²) >= 11 is 0. The molecule has 28 heavy (non-hydrogen) atoms. The third-order valence-corrected chi connectivity index (χ3v) is 4.83. The highest BCUT2D eigenvalue weighted by Gasteiger charge is 2.06. The summed E-state index contributed by atoms with van der Waals surface area (Å²) in [5, 5.41) is 20.4. The van der Waals surface area contributed by atoms with Gasteiger partial charge in [0.1, 0.15) is 18.0 Å². The van der Waals surface area contributed by atoms with Gasteiger partial charge in [-0.15, -0.1) is 0 Å². The van der Waals surface area contributed by atoms with Crippen molar-refractivity contribution in [1.82, 2.24) is 9.97 Å². The third-order valence-electron chi connectivity index (χ3n) is 3.90. The van der Waals surface area contributed by atoms with Crippen molar-refractivity contribution in [3.05, 3.63) is 72.1 Å². The standard InChI is InChI=1S/C19H18N6O2S/c20-12-15-2-1-3-16(10-15)25-19-11-18(23-13-24-19)22-9-8-14-4-6-17(7-5-14)28(21,26)27/h1-7,10-11,13H,8-9H2,(H2,21,26,27)(H2,22,23,24,25). The number of rotatable bonds is 7. The van der Waals surface area contributed by atoms with Gasteiger partial charge < -0.3 is 10.6 Å². The quantitative estimate of drug-likeness (QED) is 0.560. The van der Waals surface area contributed by atoms with Crippen LogP contribution in [0.4, 0.5) is 17.3 Å². The Morgan fingerprint density at radius 2 is 1.79 bits per heavy atom. The van der Waals surface area contributed by atoms with Crippen molar-refractivity contribution in [3.8, 4) is 6.07 Å². The highest BCUT2D eigenvalue weighted by Crippen LogP contribution is 2.17. The van der Waals surface area contributed by atoms with Crippen molar-refractivity contribution >= 4 is 27.3 Å². The topological polar surface area (TPSA) is 134 Å². The second-order valence-electron chi connectivity index (χ2n) is 5.97. The predicted octanol–water partition coefficient (Wildman–Crippen LogP) is 2.39. The van der Waals surface area contributed by atoms with Crippen LogP contribution < -0.4 is 15.8 Å². The number of nitrogens with one attached hydrogen (secondary N) is 2. The molecule has 0 radical (unpaired) electrons. The minimum atomic E-state index is -3.68. The Hall–Kier alpha value is -3.48. The van der Waals surface area contributed by atoms with Crippen molar-refractivity contribution in [3.63, 3.8) is 0 Å². The molecule has 0 spiro atoms. The average molecular weight is 394 g/mol. The minimum Gasteiger partial charge on any atom is -0.370 e. The minimum absolute atomic E-state index is 0.0937. The fourth-order valence-electron chi connectivity index (χ4n) is 2.52. The largest absolute Gasteiger partial charge is 0.370 e. The van der Waals surface area contributed by atoms with E-state index in [1.807, 2.05) is 6.07 Å². The Balaban J connectivity index is 1.58. The molecule has 1 aromatic heterocycles. The van der Waals surface area contributed by atoms with Gasteiger partial charge in [0.2, 0.25) is 10.0 Å². The molecule has 142 valence electrons. The number of sulfonamides is 1. The van der Waals surface area contributed by atoms with Gasteiger partial charge >= 0.3 is 0 Å². The van der Waals surface area contributed by atoms with Gasteiger partial charge in [0, 0.05) is 18.3 Å². The van der Waals surface area contributed by atoms with Gasteiger partial charge in [-0.25, -0.2) is 23.5 Å². The van der Waals surface area contributed by atoms with Crippen LogP contribution in [0, 0.1) is 11.3 Å². The van der Waals surface area contributed by atoms with Crippen LogP contribution >= 0.6 is 0 Å². The molecule has 0 unspecified atom stereocenters. The molecule has 8 nitrogen and oxygen atoms in total. The van der Waals surface area contributed by atoms with Gasteiger partial charge in [-0.1, -0.05) is 18.2 Å². The molecule has 3 rings (SSSR count). The summed E-state index contributed by atoms with van der Waals surface area (Å²) in [7, 11) is -3.68. The van der Waals surface area contributed by atoms with Crippen LogP contribution in [0.2, 0.25) is 0 Å². The van der Waals surface area contributed by atoms with Crippen molar-refractivity contribution in [2.45, 2.75) is 11.3 Å². The van der Waals surface area contributed by atoms with Crippen LogP contribution in [0.15, 0.2) is 65.8 Å². The molecule has 0 aliphatic heterocycles. The molecule has 0 aliphatic carbocycles. The lowest BCUT2D eigenvalue weighted by atomic mass is 10.1. The van der Waals surface area contributed by atoms with E-state index in [9.17, 15) is 8.42 Å². The Kier molecular flexibility index (Phi) is 5.84. The normalized spacial score (nSPS) is 10.9. The van der Waals surface area contributed by atoms with E-state index >= 15 is 0 Å². The van der Waals surface area contributed by atoms with E-state index in [1.165, 1.54) is 18.5 Å². The fourth-order valence-corrected chi connectivity index (χ4v) is 3.03. The van der Waals surface area contributed by atoms with Crippen molar-refractivity contribution in [2.24, 2.45) is 5.14 Å². The summed E-state index contributed by atoms with van der Waals surface area (Å²) in [4.78, 5) is 8.45. The Labute approximate surface area is 163 Å². The fraction of sp³-hybridized carbons (Fsp3) is 0.105. The van der Waals surface area contributed by atoms with Crippen LogP contribution in [0.3, 0.4) is 0 Å². The van der Waals surface area contributed by atoms with Crippen LogP contribution in [0.25, 0.3) is 0 Å². The summed E-state index contributed by atoms with van der Waals surface area (Å²) in [5.41, 5.74) is 2.30. The molecule has 0 saturated carbocycles. The molecule has 4 N–H and O–H groups in total. The molecular formula is C19H18N6O2S. The molecule has 3 aromatic rings. The van der Waals surface area contributed by atoms with E-state index in [4.69, 9.17) is 10.4 Å². The SMILES string of the molecule is N#Cc1cccc(Nc2cc(NCCc3ccc(S(N)(=O)=O)cc3)ncn2)c1. The lowest BCUT2D eigenvalue weighted by Gasteiger charge is -2.09. The maximum atomic E-state index is 11.3. The first kappa shape index (κ1) is 19.3. The van der Waals surface area contributed by atoms with Gasteiger partial charge in [0.25, 0.3) is 0 Å². The number of nitrogens with zero attached hydrogens (tertiary/aromatic N) is 3. The lowest BCUT2D eigenvalue weighted by Crippen LogP contribution is -2.12. The second-order valence-corrected chi connectivity index (χ2v) is 7.53. The first-order chi connectivity index (χ1) is 13.4.